The standard InChI is InChI=1S/C34H48N6O5S/c41-31(32-36-16-17-37-32)29(19-25-12-6-2-7-13-25)39-30(20-27-21-35-23-38-27)34(43)40-33(42)26(18-24-10-4-1-5-11-24)22-46(44,45)28-14-8-3-9-15-28/h1,4-5,10-11,16-17,21,23,25-26,28-31,39,41H,2-3,6-9,12-15,18-20,22H2,(H,35,38)(H,36,37)(H,40,42,43)/t26?,29-,30-,31+/m0/s1. The van der Waals surface area contributed by atoms with Gasteiger partial charge in [0.1, 0.15) is 11.9 Å². The molecular formula is C34H48N6O5S. The van der Waals surface area contributed by atoms with Gasteiger partial charge in [0.05, 0.1) is 29.3 Å². The van der Waals surface area contributed by atoms with E-state index in [9.17, 15) is 23.1 Å². The molecule has 3 aromatic rings. The van der Waals surface area contributed by atoms with Crippen molar-refractivity contribution >= 4 is 21.7 Å². The van der Waals surface area contributed by atoms with Crippen LogP contribution in [0, 0.1) is 11.8 Å². The Morgan fingerprint density at radius 2 is 1.65 bits per heavy atom. The molecule has 5 rings (SSSR count). The van der Waals surface area contributed by atoms with Crippen LogP contribution in [-0.2, 0) is 32.3 Å². The van der Waals surface area contributed by atoms with Gasteiger partial charge in [-0.3, -0.25) is 20.2 Å². The van der Waals surface area contributed by atoms with Crippen LogP contribution < -0.4 is 10.6 Å². The summed E-state index contributed by atoms with van der Waals surface area (Å²) in [6.07, 6.45) is 15.9. The lowest BCUT2D eigenvalue weighted by molar-refractivity contribution is -0.133. The Morgan fingerprint density at radius 1 is 0.935 bits per heavy atom. The maximum Gasteiger partial charge on any atom is 0.244 e. The molecular weight excluding hydrogens is 604 g/mol. The van der Waals surface area contributed by atoms with Gasteiger partial charge in [0, 0.05) is 36.7 Å². The number of aliphatic hydroxyl groups excluding tert-OH is 1. The van der Waals surface area contributed by atoms with Gasteiger partial charge in [0.15, 0.2) is 9.84 Å². The van der Waals surface area contributed by atoms with E-state index in [0.29, 0.717) is 36.7 Å². The first-order valence-corrected chi connectivity index (χ1v) is 18.5. The number of sulfone groups is 1. The van der Waals surface area contributed by atoms with Crippen LogP contribution in [-0.4, -0.2) is 68.4 Å². The molecule has 0 saturated heterocycles. The fourth-order valence-corrected chi connectivity index (χ4v) is 9.23. The van der Waals surface area contributed by atoms with Crippen LogP contribution in [0.25, 0.3) is 0 Å². The van der Waals surface area contributed by atoms with Gasteiger partial charge < -0.3 is 15.1 Å². The molecule has 0 bridgehead atoms. The fourth-order valence-electron chi connectivity index (χ4n) is 7.08. The second-order valence-corrected chi connectivity index (χ2v) is 15.4. The summed E-state index contributed by atoms with van der Waals surface area (Å²) in [5, 5.41) is 16.9. The number of hydrogen-bond acceptors (Lipinski definition) is 8. The van der Waals surface area contributed by atoms with E-state index in [0.717, 1.165) is 50.5 Å². The molecule has 0 radical (unpaired) electrons. The molecule has 12 heteroatoms. The van der Waals surface area contributed by atoms with Gasteiger partial charge in [0.25, 0.3) is 0 Å². The number of benzene rings is 1. The first kappa shape index (κ1) is 34.0. The zero-order valence-electron chi connectivity index (χ0n) is 26.4. The molecule has 0 aliphatic heterocycles. The highest BCUT2D eigenvalue weighted by molar-refractivity contribution is 7.92. The molecule has 2 aliphatic carbocycles. The van der Waals surface area contributed by atoms with Crippen molar-refractivity contribution < 1.29 is 23.1 Å². The number of nitrogens with one attached hydrogen (secondary N) is 4. The zero-order valence-corrected chi connectivity index (χ0v) is 27.3. The van der Waals surface area contributed by atoms with Gasteiger partial charge in [0.2, 0.25) is 11.8 Å². The van der Waals surface area contributed by atoms with Crippen molar-refractivity contribution in [3.8, 4) is 0 Å². The SMILES string of the molecule is O=C(NC(=O)[C@H](Cc1cnc[nH]1)N[C@@H](CC1CCCCC1)[C@@H](O)c1ncc[nH]1)C(Cc1ccccc1)CS(=O)(=O)C1CCCCC1. The maximum atomic E-state index is 14.0. The van der Waals surface area contributed by atoms with E-state index in [2.05, 4.69) is 30.6 Å². The monoisotopic (exact) mass is 652 g/mol. The molecule has 1 aromatic carbocycles. The van der Waals surface area contributed by atoms with E-state index in [1.807, 2.05) is 30.3 Å². The number of carbonyl (C=O) groups is 2. The Hall–Kier alpha value is -3.35. The number of rotatable bonds is 15. The van der Waals surface area contributed by atoms with E-state index < -0.39 is 51.0 Å². The summed E-state index contributed by atoms with van der Waals surface area (Å²) in [5.74, 6) is -1.65. The Bertz CT molecular complexity index is 1450. The zero-order chi connectivity index (χ0) is 32.4. The molecule has 2 fully saturated rings. The predicted octanol–water partition coefficient (Wildman–Crippen LogP) is 3.96. The predicted molar refractivity (Wildman–Crippen MR) is 175 cm³/mol. The smallest absolute Gasteiger partial charge is 0.244 e. The second kappa shape index (κ2) is 16.5. The third-order valence-electron chi connectivity index (χ3n) is 9.64. The first-order chi connectivity index (χ1) is 22.3. The molecule has 46 heavy (non-hydrogen) atoms. The summed E-state index contributed by atoms with van der Waals surface area (Å²) in [7, 11) is -3.56. The highest BCUT2D eigenvalue weighted by Crippen LogP contribution is 2.31. The van der Waals surface area contributed by atoms with Crippen LogP contribution in [0.4, 0.5) is 0 Å². The number of nitrogens with zero attached hydrogens (tertiary/aromatic N) is 2. The van der Waals surface area contributed by atoms with E-state index in [4.69, 9.17) is 0 Å². The second-order valence-electron chi connectivity index (χ2n) is 13.1. The lowest BCUT2D eigenvalue weighted by Crippen LogP contribution is -2.54. The Morgan fingerprint density at radius 3 is 2.30 bits per heavy atom. The van der Waals surface area contributed by atoms with E-state index in [1.54, 1.807) is 18.6 Å². The summed E-state index contributed by atoms with van der Waals surface area (Å²) in [5.41, 5.74) is 1.51. The van der Waals surface area contributed by atoms with Gasteiger partial charge in [-0.25, -0.2) is 18.4 Å². The van der Waals surface area contributed by atoms with Crippen LogP contribution in [0.15, 0.2) is 55.2 Å². The van der Waals surface area contributed by atoms with Gasteiger partial charge in [-0.1, -0.05) is 81.7 Å². The minimum absolute atomic E-state index is 0.189. The fraction of sp³-hybridized carbons (Fsp3) is 0.588. The van der Waals surface area contributed by atoms with Crippen molar-refractivity contribution in [3.63, 3.8) is 0 Å². The molecule has 2 saturated carbocycles. The Balaban J connectivity index is 1.36. The van der Waals surface area contributed by atoms with E-state index in [-0.39, 0.29) is 18.6 Å². The number of carbonyl (C=O) groups excluding carboxylic acids is 2. The summed E-state index contributed by atoms with van der Waals surface area (Å²) in [6.45, 7) is 0. The van der Waals surface area contributed by atoms with Crippen molar-refractivity contribution in [3.05, 3.63) is 72.3 Å². The number of imidazole rings is 2. The van der Waals surface area contributed by atoms with E-state index in [1.165, 1.54) is 12.7 Å². The number of aromatic amines is 2. The van der Waals surface area contributed by atoms with Crippen LogP contribution in [0.3, 0.4) is 0 Å². The normalized spacial score (nSPS) is 19.2. The van der Waals surface area contributed by atoms with E-state index >= 15 is 0 Å². The summed E-state index contributed by atoms with van der Waals surface area (Å²) < 4.78 is 27.0. The number of aliphatic hydroxyl groups is 1. The van der Waals surface area contributed by atoms with Crippen LogP contribution >= 0.6 is 0 Å². The largest absolute Gasteiger partial charge is 0.384 e. The topological polar surface area (TPSA) is 170 Å². The highest BCUT2D eigenvalue weighted by Gasteiger charge is 2.36. The summed E-state index contributed by atoms with van der Waals surface area (Å²) in [6, 6.07) is 7.88. The number of amides is 2. The van der Waals surface area contributed by atoms with Crippen molar-refractivity contribution in [1.29, 1.82) is 0 Å². The molecule has 2 aromatic heterocycles. The molecule has 2 heterocycles. The number of imide groups is 1. The number of hydrogen-bond donors (Lipinski definition) is 5. The molecule has 250 valence electrons. The van der Waals surface area contributed by atoms with Crippen LogP contribution in [0.5, 0.6) is 0 Å². The lowest BCUT2D eigenvalue weighted by Gasteiger charge is -2.32. The van der Waals surface area contributed by atoms with Crippen LogP contribution in [0.2, 0.25) is 0 Å². The third kappa shape index (κ3) is 9.59. The van der Waals surface area contributed by atoms with Gasteiger partial charge in [-0.05, 0) is 37.2 Å². The van der Waals surface area contributed by atoms with Crippen molar-refractivity contribution in [1.82, 2.24) is 30.6 Å². The van der Waals surface area contributed by atoms with Gasteiger partial charge in [-0.15, -0.1) is 0 Å². The van der Waals surface area contributed by atoms with Crippen molar-refractivity contribution in [2.24, 2.45) is 11.8 Å². The Kier molecular flexibility index (Phi) is 12.2. The Labute approximate surface area is 271 Å². The number of aromatic nitrogens is 4. The molecule has 2 aliphatic rings. The average Bonchev–Trinajstić information content (AvgIpc) is 3.80. The quantitative estimate of drug-likeness (QED) is 0.164. The lowest BCUT2D eigenvalue weighted by atomic mass is 9.83. The first-order valence-electron chi connectivity index (χ1n) is 16.8. The number of H-pyrrole nitrogens is 2. The molecule has 5 N–H and O–H groups in total. The molecule has 1 unspecified atom stereocenters. The highest BCUT2D eigenvalue weighted by atomic mass is 32.2. The average molecular weight is 653 g/mol. The minimum Gasteiger partial charge on any atom is -0.384 e. The summed E-state index contributed by atoms with van der Waals surface area (Å²) >= 11 is 0. The van der Waals surface area contributed by atoms with Gasteiger partial charge in [-0.2, -0.15) is 0 Å². The summed E-state index contributed by atoms with van der Waals surface area (Å²) in [4.78, 5) is 42.2. The van der Waals surface area contributed by atoms with Crippen molar-refractivity contribution in [2.45, 2.75) is 107 Å². The third-order valence-corrected chi connectivity index (χ3v) is 12.0. The van der Waals surface area contributed by atoms with Gasteiger partial charge >= 0.3 is 0 Å². The maximum absolute atomic E-state index is 14.0. The minimum atomic E-state index is -3.56. The molecule has 2 amide bonds. The van der Waals surface area contributed by atoms with Crippen LogP contribution in [0.1, 0.15) is 93.8 Å². The molecule has 4 atom stereocenters. The molecule has 11 nitrogen and oxygen atoms in total. The molecule has 0 spiro atoms. The van der Waals surface area contributed by atoms with Crippen molar-refractivity contribution in [2.75, 3.05) is 5.75 Å².